The van der Waals surface area contributed by atoms with Gasteiger partial charge in [0, 0.05) is 45.5 Å². The number of fused-ring (bicyclic) bond motifs is 3. The molecule has 0 fully saturated rings. The van der Waals surface area contributed by atoms with Gasteiger partial charge >= 0.3 is 0 Å². The molecule has 5 aromatic rings. The first-order valence-electron chi connectivity index (χ1n) is 9.39. The van der Waals surface area contributed by atoms with Crippen molar-refractivity contribution in [3.8, 4) is 0 Å². The normalized spacial score (nSPS) is 13.8. The summed E-state index contributed by atoms with van der Waals surface area (Å²) < 4.78 is 4.53. The summed E-state index contributed by atoms with van der Waals surface area (Å²) in [6.07, 6.45) is 6.06. The second-order valence-corrected chi connectivity index (χ2v) is 8.17. The Kier molecular flexibility index (Phi) is 4.23. The van der Waals surface area contributed by atoms with E-state index in [9.17, 15) is 5.11 Å². The highest BCUT2D eigenvalue weighted by Crippen LogP contribution is 2.39. The topological polar surface area (TPSA) is 38.0 Å². The van der Waals surface area contributed by atoms with Gasteiger partial charge in [-0.3, -0.25) is 0 Å². The highest BCUT2D eigenvalue weighted by atomic mass is 32.1. The second-order valence-electron chi connectivity index (χ2n) is 7.09. The van der Waals surface area contributed by atoms with E-state index in [0.29, 0.717) is 13.0 Å². The summed E-state index contributed by atoms with van der Waals surface area (Å²) in [5.74, 6) is 0. The van der Waals surface area contributed by atoms with Crippen molar-refractivity contribution in [1.82, 2.24) is 9.55 Å². The summed E-state index contributed by atoms with van der Waals surface area (Å²) >= 11 is 1.79. The van der Waals surface area contributed by atoms with Crippen molar-refractivity contribution >= 4 is 31.5 Å². The number of aryl methyl sites for hydroxylation is 1. The smallest absolute Gasteiger partial charge is 0.116 e. The van der Waals surface area contributed by atoms with Gasteiger partial charge in [0.05, 0.1) is 6.33 Å². The maximum atomic E-state index is 11.9. The molecule has 0 amide bonds. The molecule has 0 saturated carbocycles. The van der Waals surface area contributed by atoms with E-state index in [4.69, 9.17) is 0 Å². The summed E-state index contributed by atoms with van der Waals surface area (Å²) in [5.41, 5.74) is 0.770. The minimum absolute atomic E-state index is 0.570. The summed E-state index contributed by atoms with van der Waals surface area (Å²) in [6, 6.07) is 24.8. The van der Waals surface area contributed by atoms with Crippen LogP contribution in [0.4, 0.5) is 0 Å². The first-order valence-corrected chi connectivity index (χ1v) is 10.2. The lowest BCUT2D eigenvalue weighted by Crippen LogP contribution is -2.29. The van der Waals surface area contributed by atoms with Crippen LogP contribution in [0.25, 0.3) is 20.2 Å². The van der Waals surface area contributed by atoms with Crippen LogP contribution in [0.1, 0.15) is 17.5 Å². The Hall–Kier alpha value is -2.95. The fourth-order valence-electron chi connectivity index (χ4n) is 3.86. The van der Waals surface area contributed by atoms with E-state index >= 15 is 0 Å². The quantitative estimate of drug-likeness (QED) is 0.430. The average molecular weight is 385 g/mol. The molecule has 0 aliphatic rings. The van der Waals surface area contributed by atoms with E-state index < -0.39 is 5.60 Å². The summed E-state index contributed by atoms with van der Waals surface area (Å²) in [4.78, 5) is 4.12. The van der Waals surface area contributed by atoms with Gasteiger partial charge in [-0.15, -0.1) is 11.3 Å². The first kappa shape index (κ1) is 17.2. The van der Waals surface area contributed by atoms with E-state index in [0.717, 1.165) is 11.1 Å². The lowest BCUT2D eigenvalue weighted by molar-refractivity contribution is 0.0661. The standard InChI is InChI=1S/C24H20N2OS/c27-24(18-6-2-1-3-7-18,12-14-26-15-13-25-17-26)19-10-11-23-21(16-19)20-8-4-5-9-22(20)28-23/h1-11,13,15-17,27H,12,14H2. The molecule has 138 valence electrons. The molecule has 28 heavy (non-hydrogen) atoms. The first-order chi connectivity index (χ1) is 13.7. The van der Waals surface area contributed by atoms with Gasteiger partial charge in [0.1, 0.15) is 5.60 Å². The minimum atomic E-state index is -1.07. The maximum absolute atomic E-state index is 11.9. The van der Waals surface area contributed by atoms with Crippen LogP contribution in [-0.4, -0.2) is 14.7 Å². The van der Waals surface area contributed by atoms with Crippen LogP contribution in [0.5, 0.6) is 0 Å². The SMILES string of the molecule is OC(CCn1ccnc1)(c1ccccc1)c1ccc2sc3ccccc3c2c1. The van der Waals surface area contributed by atoms with E-state index in [1.165, 1.54) is 20.2 Å². The molecule has 1 N–H and O–H groups in total. The van der Waals surface area contributed by atoms with E-state index in [1.807, 2.05) is 41.1 Å². The van der Waals surface area contributed by atoms with Gasteiger partial charge in [-0.2, -0.15) is 0 Å². The minimum Gasteiger partial charge on any atom is -0.380 e. The monoisotopic (exact) mass is 384 g/mol. The molecule has 0 spiro atoms. The predicted octanol–water partition coefficient (Wildman–Crippen LogP) is 5.58. The number of rotatable bonds is 5. The molecule has 4 heteroatoms. The van der Waals surface area contributed by atoms with Crippen molar-refractivity contribution in [3.63, 3.8) is 0 Å². The number of nitrogens with zero attached hydrogens (tertiary/aromatic N) is 2. The molecule has 0 aliphatic carbocycles. The molecule has 0 aliphatic heterocycles. The number of imidazole rings is 1. The molecule has 5 rings (SSSR count). The van der Waals surface area contributed by atoms with Crippen molar-refractivity contribution in [1.29, 1.82) is 0 Å². The van der Waals surface area contributed by atoms with Gasteiger partial charge in [-0.1, -0.05) is 54.6 Å². The molecule has 1 atom stereocenters. The zero-order chi connectivity index (χ0) is 19.0. The van der Waals surface area contributed by atoms with Crippen molar-refractivity contribution in [2.75, 3.05) is 0 Å². The summed E-state index contributed by atoms with van der Waals surface area (Å²) in [5, 5.41) is 14.3. The molecule has 3 nitrogen and oxygen atoms in total. The molecule has 2 heterocycles. The summed E-state index contributed by atoms with van der Waals surface area (Å²) in [6.45, 7) is 0.688. The van der Waals surface area contributed by atoms with Gasteiger partial charge < -0.3 is 9.67 Å². The number of hydrogen-bond donors (Lipinski definition) is 1. The van der Waals surface area contributed by atoms with Gasteiger partial charge in [-0.25, -0.2) is 4.98 Å². The zero-order valence-electron chi connectivity index (χ0n) is 15.3. The van der Waals surface area contributed by atoms with Crippen LogP contribution in [0.3, 0.4) is 0 Å². The van der Waals surface area contributed by atoms with Crippen molar-refractivity contribution in [3.05, 3.63) is 103 Å². The van der Waals surface area contributed by atoms with Crippen LogP contribution < -0.4 is 0 Å². The van der Waals surface area contributed by atoms with Gasteiger partial charge in [-0.05, 0) is 29.3 Å². The van der Waals surface area contributed by atoms with Crippen LogP contribution in [-0.2, 0) is 12.1 Å². The number of aliphatic hydroxyl groups is 1. The Morgan fingerprint density at radius 1 is 0.857 bits per heavy atom. The van der Waals surface area contributed by atoms with E-state index in [-0.39, 0.29) is 0 Å². The van der Waals surface area contributed by atoms with Crippen LogP contribution in [0, 0.1) is 0 Å². The van der Waals surface area contributed by atoms with Crippen LogP contribution in [0.2, 0.25) is 0 Å². The van der Waals surface area contributed by atoms with Gasteiger partial charge in [0.25, 0.3) is 0 Å². The number of aromatic nitrogens is 2. The van der Waals surface area contributed by atoms with E-state index in [2.05, 4.69) is 47.4 Å². The Morgan fingerprint density at radius 2 is 1.64 bits per heavy atom. The molecule has 0 radical (unpaired) electrons. The molecule has 1 unspecified atom stereocenters. The largest absolute Gasteiger partial charge is 0.380 e. The molecule has 3 aromatic carbocycles. The molecule has 0 bridgehead atoms. The molecular formula is C24H20N2OS. The van der Waals surface area contributed by atoms with Crippen molar-refractivity contribution in [2.45, 2.75) is 18.6 Å². The van der Waals surface area contributed by atoms with Crippen molar-refractivity contribution < 1.29 is 5.11 Å². The molecule has 0 saturated heterocycles. The second kappa shape index (κ2) is 6.89. The van der Waals surface area contributed by atoms with Crippen LogP contribution in [0.15, 0.2) is 91.5 Å². The Labute approximate surface area is 167 Å². The third-order valence-electron chi connectivity index (χ3n) is 5.40. The Bertz CT molecular complexity index is 1230. The third-order valence-corrected chi connectivity index (χ3v) is 6.55. The van der Waals surface area contributed by atoms with E-state index in [1.54, 1.807) is 23.9 Å². The Morgan fingerprint density at radius 3 is 2.46 bits per heavy atom. The predicted molar refractivity (Wildman–Crippen MR) is 116 cm³/mol. The summed E-state index contributed by atoms with van der Waals surface area (Å²) in [7, 11) is 0. The van der Waals surface area contributed by atoms with Gasteiger partial charge in [0.15, 0.2) is 0 Å². The molecular weight excluding hydrogens is 364 g/mol. The number of hydrogen-bond acceptors (Lipinski definition) is 3. The van der Waals surface area contributed by atoms with Crippen LogP contribution >= 0.6 is 11.3 Å². The fraction of sp³-hybridized carbons (Fsp3) is 0.125. The number of benzene rings is 3. The maximum Gasteiger partial charge on any atom is 0.116 e. The zero-order valence-corrected chi connectivity index (χ0v) is 16.1. The fourth-order valence-corrected chi connectivity index (χ4v) is 4.95. The highest BCUT2D eigenvalue weighted by Gasteiger charge is 2.31. The number of thiophene rings is 1. The molecule has 2 aromatic heterocycles. The van der Waals surface area contributed by atoms with Gasteiger partial charge in [0.2, 0.25) is 0 Å². The lowest BCUT2D eigenvalue weighted by Gasteiger charge is -2.30. The highest BCUT2D eigenvalue weighted by molar-refractivity contribution is 7.25. The third kappa shape index (κ3) is 2.91. The Balaban J connectivity index is 1.64. The average Bonchev–Trinajstić information content (AvgIpc) is 3.40. The lowest BCUT2D eigenvalue weighted by atomic mass is 9.83. The van der Waals surface area contributed by atoms with Crippen molar-refractivity contribution in [2.24, 2.45) is 0 Å².